The van der Waals surface area contributed by atoms with Crippen LogP contribution in [0.1, 0.15) is 72.7 Å². The van der Waals surface area contributed by atoms with Gasteiger partial charge < -0.3 is 14.2 Å². The molecule has 0 fully saturated rings. The molecule has 0 aliphatic heterocycles. The second-order valence-electron chi connectivity index (χ2n) is 11.5. The Balaban J connectivity index is 1.76. The third-order valence-corrected chi connectivity index (χ3v) is 8.76. The van der Waals surface area contributed by atoms with Crippen molar-refractivity contribution in [2.45, 2.75) is 60.9 Å². The molecule has 0 radical (unpaired) electrons. The average Bonchev–Trinajstić information content (AvgIpc) is 3.32. The van der Waals surface area contributed by atoms with Gasteiger partial charge >= 0.3 is 0 Å². The predicted molar refractivity (Wildman–Crippen MR) is 183 cm³/mol. The Labute approximate surface area is 263 Å². The fraction of sp³-hybridized carbons (Fsp3) is 0.333. The summed E-state index contributed by atoms with van der Waals surface area (Å²) in [5.41, 5.74) is 10.1. The van der Waals surface area contributed by atoms with E-state index in [1.807, 2.05) is 10.1 Å². The minimum absolute atomic E-state index is 0.0302. The van der Waals surface area contributed by atoms with Crippen LogP contribution in [0.5, 0.6) is 11.5 Å². The lowest BCUT2D eigenvalue weighted by Crippen LogP contribution is -2.27. The summed E-state index contributed by atoms with van der Waals surface area (Å²) in [6.45, 7) is 19.3. The van der Waals surface area contributed by atoms with Crippen molar-refractivity contribution in [3.63, 3.8) is 0 Å². The summed E-state index contributed by atoms with van der Waals surface area (Å²) in [5.74, 6) is 1.69. The number of para-hydroxylation sites is 1. The molecule has 4 aromatic carbocycles. The second kappa shape index (κ2) is 14.1. The van der Waals surface area contributed by atoms with Gasteiger partial charge in [-0.25, -0.2) is 0 Å². The van der Waals surface area contributed by atoms with Crippen molar-refractivity contribution in [1.82, 2.24) is 14.7 Å². The van der Waals surface area contributed by atoms with Gasteiger partial charge in [-0.15, -0.1) is 10.1 Å². The summed E-state index contributed by atoms with van der Waals surface area (Å²) in [6.07, 6.45) is 0. The van der Waals surface area contributed by atoms with Crippen molar-refractivity contribution in [2.24, 2.45) is 0 Å². The molecule has 0 bridgehead atoms. The molecule has 5 rings (SSSR count). The van der Waals surface area contributed by atoms with Gasteiger partial charge in [0.15, 0.2) is 0 Å². The number of aryl methyl sites for hydroxylation is 2. The van der Waals surface area contributed by atoms with Gasteiger partial charge in [-0.1, -0.05) is 60.7 Å². The Morgan fingerprint density at radius 2 is 1.11 bits per heavy atom. The molecule has 0 atom stereocenters. The summed E-state index contributed by atoms with van der Waals surface area (Å²) in [6, 6.07) is 32.7. The van der Waals surface area contributed by atoms with E-state index in [0.29, 0.717) is 0 Å². The lowest BCUT2D eigenvalue weighted by Gasteiger charge is -2.26. The molecule has 5 heteroatoms. The molecule has 0 aliphatic carbocycles. The van der Waals surface area contributed by atoms with Crippen LogP contribution in [0.15, 0.2) is 91.0 Å². The molecule has 0 aliphatic rings. The maximum absolute atomic E-state index is 6.36. The van der Waals surface area contributed by atoms with E-state index in [0.717, 1.165) is 44.2 Å². The van der Waals surface area contributed by atoms with Crippen molar-refractivity contribution in [2.75, 3.05) is 26.2 Å². The fourth-order valence-electron chi connectivity index (χ4n) is 6.25. The highest BCUT2D eigenvalue weighted by Gasteiger charge is 2.28. The number of hydrogen-bond acceptors (Lipinski definition) is 4. The van der Waals surface area contributed by atoms with Crippen LogP contribution in [-0.2, 0) is 6.54 Å². The number of hydroxylamine groups is 4. The van der Waals surface area contributed by atoms with E-state index in [-0.39, 0.29) is 5.92 Å². The maximum atomic E-state index is 6.36. The van der Waals surface area contributed by atoms with Crippen LogP contribution >= 0.6 is 0 Å². The molecule has 1 heterocycles. The molecule has 0 saturated carbocycles. The number of benzene rings is 4. The number of hydrogen-bond donors (Lipinski definition) is 0. The first kappa shape index (κ1) is 31.4. The molecule has 0 spiro atoms. The highest BCUT2D eigenvalue weighted by molar-refractivity contribution is 5.87. The monoisotopic (exact) mass is 589 g/mol. The molecule has 230 valence electrons. The van der Waals surface area contributed by atoms with Crippen LogP contribution in [0.25, 0.3) is 10.9 Å². The third kappa shape index (κ3) is 6.54. The number of aromatic nitrogens is 1. The normalized spacial score (nSPS) is 11.7. The van der Waals surface area contributed by atoms with Gasteiger partial charge in [-0.05, 0) is 112 Å². The first-order valence-corrected chi connectivity index (χ1v) is 16.1. The number of rotatable bonds is 13. The Bertz CT molecular complexity index is 1620. The predicted octanol–water partition coefficient (Wildman–Crippen LogP) is 9.07. The topological polar surface area (TPSA) is 29.9 Å². The first-order valence-electron chi connectivity index (χ1n) is 16.1. The lowest BCUT2D eigenvalue weighted by molar-refractivity contribution is -0.0487. The molecule has 5 aromatic rings. The van der Waals surface area contributed by atoms with E-state index in [4.69, 9.17) is 9.68 Å². The standard InChI is InChI=1S/C39H47N3O2/c1-8-40(9-2)43-32-23-21-28(5)35(25-32)39(36-26-33(24-22-29(36)6)44-41(10-3)11-4)38-30(7)42(27-31-17-13-12-14-18-31)37-20-16-15-19-34(37)38/h12-26,39H,8-11,27H2,1-7H3. The molecule has 5 nitrogen and oxygen atoms in total. The summed E-state index contributed by atoms with van der Waals surface area (Å²) in [4.78, 5) is 12.7. The van der Waals surface area contributed by atoms with Crippen LogP contribution in [0, 0.1) is 20.8 Å². The Hall–Kier alpha value is -4.06. The number of nitrogens with zero attached hydrogens (tertiary/aromatic N) is 3. The van der Waals surface area contributed by atoms with Crippen molar-refractivity contribution < 1.29 is 9.68 Å². The lowest BCUT2D eigenvalue weighted by atomic mass is 9.80. The minimum atomic E-state index is -0.0302. The van der Waals surface area contributed by atoms with Crippen LogP contribution in [0.4, 0.5) is 0 Å². The molecule has 0 unspecified atom stereocenters. The van der Waals surface area contributed by atoms with E-state index >= 15 is 0 Å². The van der Waals surface area contributed by atoms with Crippen molar-refractivity contribution in [3.05, 3.63) is 130 Å². The van der Waals surface area contributed by atoms with E-state index in [9.17, 15) is 0 Å². The summed E-state index contributed by atoms with van der Waals surface area (Å²) in [5, 5.41) is 5.25. The zero-order chi connectivity index (χ0) is 31.2. The summed E-state index contributed by atoms with van der Waals surface area (Å²) >= 11 is 0. The van der Waals surface area contributed by atoms with E-state index in [1.54, 1.807) is 0 Å². The summed E-state index contributed by atoms with van der Waals surface area (Å²) < 4.78 is 2.48. The van der Waals surface area contributed by atoms with Crippen molar-refractivity contribution in [3.8, 4) is 11.5 Å². The first-order chi connectivity index (χ1) is 21.4. The molecular formula is C39H47N3O2. The largest absolute Gasteiger partial charge is 0.406 e. The second-order valence-corrected chi connectivity index (χ2v) is 11.5. The van der Waals surface area contributed by atoms with Crippen LogP contribution in [-0.4, -0.2) is 40.9 Å². The zero-order valence-electron chi connectivity index (χ0n) is 27.4. The number of fused-ring (bicyclic) bond motifs is 1. The smallest absolute Gasteiger partial charge is 0.147 e. The van der Waals surface area contributed by atoms with Crippen LogP contribution < -0.4 is 9.68 Å². The Morgan fingerprint density at radius 3 is 1.64 bits per heavy atom. The van der Waals surface area contributed by atoms with Gasteiger partial charge in [0.1, 0.15) is 11.5 Å². The van der Waals surface area contributed by atoms with Gasteiger partial charge in [0.05, 0.1) is 0 Å². The molecule has 1 aromatic heterocycles. The van der Waals surface area contributed by atoms with Crippen LogP contribution in [0.2, 0.25) is 0 Å². The quantitative estimate of drug-likeness (QED) is 0.128. The van der Waals surface area contributed by atoms with Crippen LogP contribution in [0.3, 0.4) is 0 Å². The van der Waals surface area contributed by atoms with Gasteiger partial charge in [0.25, 0.3) is 0 Å². The Morgan fingerprint density at radius 1 is 0.614 bits per heavy atom. The van der Waals surface area contributed by atoms with E-state index in [2.05, 4.69) is 144 Å². The van der Waals surface area contributed by atoms with E-state index in [1.165, 1.54) is 50.0 Å². The van der Waals surface area contributed by atoms with Crippen molar-refractivity contribution in [1.29, 1.82) is 0 Å². The Kier molecular flexibility index (Phi) is 10.1. The maximum Gasteiger partial charge on any atom is 0.147 e. The fourth-order valence-corrected chi connectivity index (χ4v) is 6.25. The molecular weight excluding hydrogens is 542 g/mol. The van der Waals surface area contributed by atoms with Gasteiger partial charge in [0.2, 0.25) is 0 Å². The van der Waals surface area contributed by atoms with Gasteiger partial charge in [0, 0.05) is 55.2 Å². The van der Waals surface area contributed by atoms with Crippen molar-refractivity contribution >= 4 is 10.9 Å². The zero-order valence-corrected chi connectivity index (χ0v) is 27.4. The average molecular weight is 590 g/mol. The minimum Gasteiger partial charge on any atom is -0.406 e. The summed E-state index contributed by atoms with van der Waals surface area (Å²) in [7, 11) is 0. The van der Waals surface area contributed by atoms with E-state index < -0.39 is 0 Å². The molecule has 0 amide bonds. The van der Waals surface area contributed by atoms with Gasteiger partial charge in [-0.2, -0.15) is 0 Å². The highest BCUT2D eigenvalue weighted by Crippen LogP contribution is 2.44. The molecule has 44 heavy (non-hydrogen) atoms. The molecule has 0 saturated heterocycles. The van der Waals surface area contributed by atoms with Gasteiger partial charge in [-0.3, -0.25) is 0 Å². The third-order valence-electron chi connectivity index (χ3n) is 8.76. The highest BCUT2D eigenvalue weighted by atomic mass is 16.7. The molecule has 0 N–H and O–H groups in total. The SMILES string of the molecule is CCN(CC)Oc1ccc(C)c(C(c2cc(ON(CC)CC)ccc2C)c2c(C)n(Cc3ccccc3)c3ccccc23)c1.